The highest BCUT2D eigenvalue weighted by Crippen LogP contribution is 2.42. The second-order valence-corrected chi connectivity index (χ2v) is 11.4. The van der Waals surface area contributed by atoms with E-state index in [-0.39, 0.29) is 11.5 Å². The molecular formula is C28H28Cl3N5O3. The predicted molar refractivity (Wildman–Crippen MR) is 152 cm³/mol. The molecule has 3 N–H and O–H groups in total. The molecule has 1 unspecified atom stereocenters. The van der Waals surface area contributed by atoms with Gasteiger partial charge in [-0.1, -0.05) is 46.9 Å². The minimum absolute atomic E-state index is 0.179. The van der Waals surface area contributed by atoms with E-state index in [1.165, 1.54) is 6.20 Å². The van der Waals surface area contributed by atoms with Crippen molar-refractivity contribution in [2.75, 3.05) is 24.6 Å². The number of rotatable bonds is 8. The van der Waals surface area contributed by atoms with E-state index in [1.54, 1.807) is 12.1 Å². The lowest BCUT2D eigenvalue weighted by Crippen LogP contribution is -2.39. The van der Waals surface area contributed by atoms with Crippen LogP contribution in [0, 0.1) is 5.92 Å². The van der Waals surface area contributed by atoms with Gasteiger partial charge >= 0.3 is 5.97 Å². The van der Waals surface area contributed by atoms with E-state index in [0.29, 0.717) is 28.3 Å². The number of hydrazine groups is 2. The summed E-state index contributed by atoms with van der Waals surface area (Å²) in [6, 6.07) is 9.20. The lowest BCUT2D eigenvalue weighted by Gasteiger charge is -2.27. The monoisotopic (exact) mass is 587 g/mol. The fourth-order valence-corrected chi connectivity index (χ4v) is 6.30. The average Bonchev–Trinajstić information content (AvgIpc) is 3.50. The molecule has 39 heavy (non-hydrogen) atoms. The Kier molecular flexibility index (Phi) is 7.37. The first kappa shape index (κ1) is 26.3. The van der Waals surface area contributed by atoms with Gasteiger partial charge < -0.3 is 20.2 Å². The maximum absolute atomic E-state index is 11.1. The van der Waals surface area contributed by atoms with Gasteiger partial charge in [-0.15, -0.1) is 5.53 Å². The topological polar surface area (TPSA) is 90.0 Å². The van der Waals surface area contributed by atoms with E-state index in [1.807, 2.05) is 29.3 Å². The molecule has 0 spiro atoms. The van der Waals surface area contributed by atoms with E-state index < -0.39 is 5.97 Å². The number of halogens is 3. The molecule has 0 amide bonds. The van der Waals surface area contributed by atoms with Gasteiger partial charge in [0.2, 0.25) is 0 Å². The van der Waals surface area contributed by atoms with Crippen LogP contribution in [0.4, 0.5) is 5.82 Å². The molecule has 1 aromatic carbocycles. The highest BCUT2D eigenvalue weighted by Gasteiger charge is 2.37. The van der Waals surface area contributed by atoms with Gasteiger partial charge in [0.25, 0.3) is 0 Å². The van der Waals surface area contributed by atoms with Crippen molar-refractivity contribution in [3.8, 4) is 5.75 Å². The van der Waals surface area contributed by atoms with Crippen molar-refractivity contribution in [3.05, 3.63) is 85.9 Å². The van der Waals surface area contributed by atoms with E-state index in [9.17, 15) is 4.79 Å². The van der Waals surface area contributed by atoms with Gasteiger partial charge in [-0.2, -0.15) is 0 Å². The minimum Gasteiger partial charge on any atom is -0.487 e. The molecule has 6 rings (SSSR count). The van der Waals surface area contributed by atoms with Crippen molar-refractivity contribution in [1.29, 1.82) is 0 Å². The molecule has 11 heteroatoms. The summed E-state index contributed by atoms with van der Waals surface area (Å²) in [6.45, 7) is 1.91. The summed E-state index contributed by atoms with van der Waals surface area (Å²) in [5.41, 5.74) is 10.6. The second-order valence-electron chi connectivity index (χ2n) is 10.2. The van der Waals surface area contributed by atoms with Gasteiger partial charge in [0, 0.05) is 41.2 Å². The van der Waals surface area contributed by atoms with E-state index in [2.05, 4.69) is 20.8 Å². The second kappa shape index (κ2) is 10.9. The number of carboxylic acid groups (broad SMARTS) is 1. The fraction of sp³-hybridized carbons (Fsp3) is 0.357. The Bertz CT molecular complexity index is 1390. The lowest BCUT2D eigenvalue weighted by atomic mass is 9.98. The molecule has 1 saturated carbocycles. The summed E-state index contributed by atoms with van der Waals surface area (Å²) in [7, 11) is 0. The minimum atomic E-state index is -0.980. The van der Waals surface area contributed by atoms with E-state index in [4.69, 9.17) is 44.6 Å². The van der Waals surface area contributed by atoms with Gasteiger partial charge in [-0.05, 0) is 61.9 Å². The lowest BCUT2D eigenvalue weighted by molar-refractivity contribution is 0.0696. The number of hydrogen-bond acceptors (Lipinski definition) is 7. The van der Waals surface area contributed by atoms with Gasteiger partial charge in [-0.3, -0.25) is 5.01 Å². The van der Waals surface area contributed by atoms with Crippen molar-refractivity contribution >= 4 is 46.6 Å². The first-order valence-electron chi connectivity index (χ1n) is 13.0. The number of hydrogen-bond donors (Lipinski definition) is 3. The third-order valence-electron chi connectivity index (χ3n) is 7.56. The number of benzene rings is 1. The summed E-state index contributed by atoms with van der Waals surface area (Å²) < 4.78 is 6.25. The van der Waals surface area contributed by atoms with Gasteiger partial charge in [0.05, 0.1) is 27.7 Å². The van der Waals surface area contributed by atoms with Crippen molar-refractivity contribution in [1.82, 2.24) is 21.0 Å². The predicted octanol–water partition coefficient (Wildman–Crippen LogP) is 6.12. The Morgan fingerprint density at radius 2 is 1.97 bits per heavy atom. The SMILES string of the molecule is O=C(O)c1ccc(N2CCC(c3ccc(OCC4=C(C5CC5)NNN4C4=C(Cl)CCC=C4Cl)cc3Cl)C2)nc1. The highest BCUT2D eigenvalue weighted by atomic mass is 35.5. The van der Waals surface area contributed by atoms with Crippen LogP contribution in [0.5, 0.6) is 5.75 Å². The third-order valence-corrected chi connectivity index (χ3v) is 8.59. The summed E-state index contributed by atoms with van der Waals surface area (Å²) in [4.78, 5) is 17.6. The molecule has 0 bridgehead atoms. The number of ether oxygens (including phenoxy) is 1. The largest absolute Gasteiger partial charge is 0.487 e. The van der Waals surface area contributed by atoms with E-state index in [0.717, 1.165) is 78.7 Å². The number of pyridine rings is 1. The number of nitrogens with one attached hydrogen (secondary N) is 2. The van der Waals surface area contributed by atoms with Crippen LogP contribution in [0.2, 0.25) is 5.02 Å². The standard InChI is InChI=1S/C28H28Cl3N5O3/c29-21-2-1-3-22(30)27(21)36-24(26(33-34-36)16-4-5-16)15-39-19-7-8-20(23(31)12-19)18-10-11-35(14-18)25-9-6-17(13-32-25)28(37)38/h2,6-9,12-13,16,18,33-34H,1,3-5,10-11,14-15H2,(H,37,38). The summed E-state index contributed by atoms with van der Waals surface area (Å²) in [6.07, 6.45) is 8.15. The maximum Gasteiger partial charge on any atom is 0.337 e. The molecule has 1 saturated heterocycles. The zero-order valence-corrected chi connectivity index (χ0v) is 23.4. The molecule has 0 radical (unpaired) electrons. The first-order valence-corrected chi connectivity index (χ1v) is 14.2. The maximum atomic E-state index is 11.1. The molecule has 204 valence electrons. The molecular weight excluding hydrogens is 561 g/mol. The number of anilines is 1. The van der Waals surface area contributed by atoms with Crippen LogP contribution in [0.3, 0.4) is 0 Å². The smallest absolute Gasteiger partial charge is 0.337 e. The number of nitrogens with zero attached hydrogens (tertiary/aromatic N) is 3. The Labute approximate surface area is 241 Å². The molecule has 4 aliphatic rings. The van der Waals surface area contributed by atoms with Crippen LogP contribution >= 0.6 is 34.8 Å². The Hall–Kier alpha value is -2.91. The summed E-state index contributed by atoms with van der Waals surface area (Å²) in [5.74, 6) is 1.18. The zero-order chi connectivity index (χ0) is 27.1. The van der Waals surface area contributed by atoms with Crippen LogP contribution in [-0.2, 0) is 0 Å². The van der Waals surface area contributed by atoms with Gasteiger partial charge in [-0.25, -0.2) is 9.78 Å². The molecule has 2 aliphatic carbocycles. The van der Waals surface area contributed by atoms with Crippen molar-refractivity contribution in [3.63, 3.8) is 0 Å². The Morgan fingerprint density at radius 1 is 1.13 bits per heavy atom. The fourth-order valence-electron chi connectivity index (χ4n) is 5.32. The Balaban J connectivity index is 1.14. The van der Waals surface area contributed by atoms with Gasteiger partial charge in [0.1, 0.15) is 18.2 Å². The molecule has 1 aromatic heterocycles. The first-order chi connectivity index (χ1) is 18.9. The molecule has 2 fully saturated rings. The number of aromatic carboxylic acids is 1. The summed E-state index contributed by atoms with van der Waals surface area (Å²) >= 11 is 19.9. The molecule has 8 nitrogen and oxygen atoms in total. The van der Waals surface area contributed by atoms with Gasteiger partial charge in [0.15, 0.2) is 0 Å². The van der Waals surface area contributed by atoms with E-state index >= 15 is 0 Å². The zero-order valence-electron chi connectivity index (χ0n) is 21.1. The van der Waals surface area contributed by atoms with Crippen molar-refractivity contribution in [2.24, 2.45) is 5.92 Å². The number of carbonyl (C=O) groups is 1. The third kappa shape index (κ3) is 5.43. The summed E-state index contributed by atoms with van der Waals surface area (Å²) in [5, 5.41) is 13.0. The number of aromatic nitrogens is 1. The van der Waals surface area contributed by atoms with Crippen LogP contribution in [0.15, 0.2) is 69.8 Å². The van der Waals surface area contributed by atoms with Crippen LogP contribution in [0.1, 0.15) is 53.9 Å². The van der Waals surface area contributed by atoms with Crippen molar-refractivity contribution in [2.45, 2.75) is 38.0 Å². The highest BCUT2D eigenvalue weighted by molar-refractivity contribution is 6.35. The number of allylic oxidation sites excluding steroid dienone is 4. The molecule has 2 aromatic rings. The quantitative estimate of drug-likeness (QED) is 0.340. The van der Waals surface area contributed by atoms with Crippen LogP contribution < -0.4 is 20.6 Å². The van der Waals surface area contributed by atoms with Crippen LogP contribution in [-0.4, -0.2) is 40.8 Å². The Morgan fingerprint density at radius 3 is 2.67 bits per heavy atom. The van der Waals surface area contributed by atoms with Crippen molar-refractivity contribution < 1.29 is 14.6 Å². The number of carboxylic acids is 1. The molecule has 3 heterocycles. The average molecular weight is 589 g/mol. The molecule has 1 atom stereocenters. The normalized spacial score (nSPS) is 21.4. The molecule has 2 aliphatic heterocycles. The van der Waals surface area contributed by atoms with Crippen LogP contribution in [0.25, 0.3) is 0 Å².